The SMILES string of the molecule is CCCCN(CC(=O)N1CCCCC1c1nc(-c2cccc(Cl)c2)no1)C(=O)CCC1CCCC1. The minimum atomic E-state index is -0.265. The predicted molar refractivity (Wildman–Crippen MR) is 136 cm³/mol. The van der Waals surface area contributed by atoms with Crippen LogP contribution in [-0.4, -0.2) is 51.4 Å². The number of benzene rings is 1. The van der Waals surface area contributed by atoms with E-state index in [-0.39, 0.29) is 24.4 Å². The van der Waals surface area contributed by atoms with Crippen molar-refractivity contribution < 1.29 is 14.1 Å². The van der Waals surface area contributed by atoms with Crippen LogP contribution in [0.4, 0.5) is 0 Å². The van der Waals surface area contributed by atoms with Gasteiger partial charge in [-0.3, -0.25) is 9.59 Å². The van der Waals surface area contributed by atoms with Crippen LogP contribution in [-0.2, 0) is 9.59 Å². The Morgan fingerprint density at radius 2 is 1.97 bits per heavy atom. The Balaban J connectivity index is 1.43. The molecule has 1 aromatic carbocycles. The van der Waals surface area contributed by atoms with E-state index in [2.05, 4.69) is 17.1 Å². The molecule has 1 atom stereocenters. The quantitative estimate of drug-likeness (QED) is 0.397. The highest BCUT2D eigenvalue weighted by molar-refractivity contribution is 6.30. The number of carbonyl (C=O) groups excluding carboxylic acids is 2. The molecule has 1 aliphatic carbocycles. The predicted octanol–water partition coefficient (Wildman–Crippen LogP) is 6.04. The summed E-state index contributed by atoms with van der Waals surface area (Å²) < 4.78 is 5.61. The van der Waals surface area contributed by atoms with Crippen molar-refractivity contribution in [2.45, 2.75) is 83.6 Å². The van der Waals surface area contributed by atoms with Gasteiger partial charge in [0.05, 0.1) is 6.54 Å². The van der Waals surface area contributed by atoms with Crippen LogP contribution in [0.5, 0.6) is 0 Å². The lowest BCUT2D eigenvalue weighted by molar-refractivity contribution is -0.143. The summed E-state index contributed by atoms with van der Waals surface area (Å²) in [6.07, 6.45) is 11.1. The van der Waals surface area contributed by atoms with Gasteiger partial charge in [0.25, 0.3) is 0 Å². The Morgan fingerprint density at radius 3 is 2.74 bits per heavy atom. The van der Waals surface area contributed by atoms with E-state index in [9.17, 15) is 9.59 Å². The van der Waals surface area contributed by atoms with Crippen LogP contribution in [0.2, 0.25) is 5.02 Å². The van der Waals surface area contributed by atoms with Gasteiger partial charge in [-0.15, -0.1) is 0 Å². The highest BCUT2D eigenvalue weighted by Crippen LogP contribution is 2.32. The minimum Gasteiger partial charge on any atom is -0.337 e. The number of hydrogen-bond acceptors (Lipinski definition) is 5. The number of piperidine rings is 1. The maximum absolute atomic E-state index is 13.5. The summed E-state index contributed by atoms with van der Waals surface area (Å²) in [6.45, 7) is 3.49. The first-order chi connectivity index (χ1) is 17.0. The summed E-state index contributed by atoms with van der Waals surface area (Å²) in [4.78, 5) is 34.7. The molecule has 1 aliphatic heterocycles. The van der Waals surface area contributed by atoms with Crippen molar-refractivity contribution >= 4 is 23.4 Å². The van der Waals surface area contributed by atoms with E-state index >= 15 is 0 Å². The third-order valence-electron chi connectivity index (χ3n) is 7.33. The Labute approximate surface area is 213 Å². The Kier molecular flexibility index (Phi) is 9.18. The minimum absolute atomic E-state index is 0.0393. The average Bonchev–Trinajstić information content (AvgIpc) is 3.57. The highest BCUT2D eigenvalue weighted by Gasteiger charge is 2.33. The van der Waals surface area contributed by atoms with Crippen molar-refractivity contribution in [2.75, 3.05) is 19.6 Å². The topological polar surface area (TPSA) is 79.5 Å². The van der Waals surface area contributed by atoms with Crippen LogP contribution >= 0.6 is 11.6 Å². The molecule has 2 aromatic rings. The monoisotopic (exact) mass is 500 g/mol. The standard InChI is InChI=1S/C27H37ClN4O3/c1-2-3-16-31(24(33)15-14-20-9-4-5-10-20)19-25(34)32-17-7-6-13-23(32)27-29-26(30-35-27)21-11-8-12-22(28)18-21/h8,11-12,18,20,23H,2-7,9-10,13-17,19H2,1H3. The number of amides is 2. The van der Waals surface area contributed by atoms with E-state index in [0.29, 0.717) is 42.2 Å². The molecule has 0 spiro atoms. The fourth-order valence-electron chi connectivity index (χ4n) is 5.28. The molecule has 2 heterocycles. The summed E-state index contributed by atoms with van der Waals surface area (Å²) in [6, 6.07) is 7.06. The molecular weight excluding hydrogens is 464 g/mol. The molecule has 35 heavy (non-hydrogen) atoms. The van der Waals surface area contributed by atoms with Gasteiger partial charge in [0.2, 0.25) is 23.5 Å². The van der Waals surface area contributed by atoms with Crippen LogP contribution in [0.25, 0.3) is 11.4 Å². The summed E-state index contributed by atoms with van der Waals surface area (Å²) in [7, 11) is 0. The largest absolute Gasteiger partial charge is 0.337 e. The average molecular weight is 501 g/mol. The first kappa shape index (κ1) is 25.7. The first-order valence-electron chi connectivity index (χ1n) is 13.2. The van der Waals surface area contributed by atoms with E-state index in [0.717, 1.165) is 44.1 Å². The van der Waals surface area contributed by atoms with Gasteiger partial charge < -0.3 is 14.3 Å². The van der Waals surface area contributed by atoms with Crippen molar-refractivity contribution in [3.05, 3.63) is 35.2 Å². The summed E-state index contributed by atoms with van der Waals surface area (Å²) in [5.74, 6) is 1.64. The Bertz CT molecular complexity index is 988. The molecule has 2 aliphatic rings. The van der Waals surface area contributed by atoms with Gasteiger partial charge in [0, 0.05) is 30.1 Å². The zero-order chi connectivity index (χ0) is 24.6. The second-order valence-corrected chi connectivity index (χ2v) is 10.4. The molecule has 1 aromatic heterocycles. The van der Waals surface area contributed by atoms with Gasteiger partial charge >= 0.3 is 0 Å². The molecular formula is C27H37ClN4O3. The first-order valence-corrected chi connectivity index (χ1v) is 13.6. The molecule has 2 fully saturated rings. The summed E-state index contributed by atoms with van der Waals surface area (Å²) in [5.41, 5.74) is 0.778. The molecule has 190 valence electrons. The normalized spacial score (nSPS) is 18.7. The Morgan fingerprint density at radius 1 is 1.17 bits per heavy atom. The molecule has 4 rings (SSSR count). The molecule has 7 nitrogen and oxygen atoms in total. The van der Waals surface area contributed by atoms with Crippen LogP contribution in [0.3, 0.4) is 0 Å². The van der Waals surface area contributed by atoms with E-state index in [1.54, 1.807) is 17.0 Å². The lowest BCUT2D eigenvalue weighted by Crippen LogP contribution is -2.46. The van der Waals surface area contributed by atoms with Gasteiger partial charge in [0.1, 0.15) is 6.04 Å². The molecule has 1 unspecified atom stereocenters. The highest BCUT2D eigenvalue weighted by atomic mass is 35.5. The second kappa shape index (κ2) is 12.5. The van der Waals surface area contributed by atoms with E-state index < -0.39 is 0 Å². The number of likely N-dealkylation sites (tertiary alicyclic amines) is 1. The lowest BCUT2D eigenvalue weighted by Gasteiger charge is -2.35. The Hall–Kier alpha value is -2.41. The number of rotatable bonds is 10. The van der Waals surface area contributed by atoms with Gasteiger partial charge in [-0.25, -0.2) is 0 Å². The number of carbonyl (C=O) groups is 2. The summed E-state index contributed by atoms with van der Waals surface area (Å²) >= 11 is 6.11. The van der Waals surface area contributed by atoms with Crippen molar-refractivity contribution in [2.24, 2.45) is 5.92 Å². The molecule has 0 bridgehead atoms. The van der Waals surface area contributed by atoms with Gasteiger partial charge in [-0.1, -0.05) is 67.9 Å². The van der Waals surface area contributed by atoms with Crippen LogP contribution in [0.1, 0.15) is 89.5 Å². The zero-order valence-electron chi connectivity index (χ0n) is 20.8. The number of aromatic nitrogens is 2. The molecule has 8 heteroatoms. The third kappa shape index (κ3) is 6.84. The zero-order valence-corrected chi connectivity index (χ0v) is 21.5. The molecule has 2 amide bonds. The molecule has 0 radical (unpaired) electrons. The van der Waals surface area contributed by atoms with Crippen LogP contribution in [0.15, 0.2) is 28.8 Å². The van der Waals surface area contributed by atoms with Crippen molar-refractivity contribution in [3.63, 3.8) is 0 Å². The van der Waals surface area contributed by atoms with E-state index in [1.807, 2.05) is 17.0 Å². The van der Waals surface area contributed by atoms with Crippen LogP contribution in [0, 0.1) is 5.92 Å². The van der Waals surface area contributed by atoms with Crippen molar-refractivity contribution in [3.8, 4) is 11.4 Å². The van der Waals surface area contributed by atoms with Crippen molar-refractivity contribution in [1.82, 2.24) is 19.9 Å². The van der Waals surface area contributed by atoms with E-state index in [1.165, 1.54) is 25.7 Å². The summed E-state index contributed by atoms with van der Waals surface area (Å²) in [5, 5.41) is 4.75. The third-order valence-corrected chi connectivity index (χ3v) is 7.57. The number of hydrogen-bond donors (Lipinski definition) is 0. The maximum Gasteiger partial charge on any atom is 0.249 e. The van der Waals surface area contributed by atoms with Crippen LogP contribution < -0.4 is 0 Å². The molecule has 0 N–H and O–H groups in total. The van der Waals surface area contributed by atoms with Gasteiger partial charge in [-0.05, 0) is 50.2 Å². The molecule has 1 saturated heterocycles. The second-order valence-electron chi connectivity index (χ2n) is 9.92. The van der Waals surface area contributed by atoms with Gasteiger partial charge in [-0.2, -0.15) is 4.98 Å². The number of nitrogens with zero attached hydrogens (tertiary/aromatic N) is 4. The van der Waals surface area contributed by atoms with Crippen molar-refractivity contribution in [1.29, 1.82) is 0 Å². The fraction of sp³-hybridized carbons (Fsp3) is 0.630. The smallest absolute Gasteiger partial charge is 0.249 e. The van der Waals surface area contributed by atoms with Gasteiger partial charge in [0.15, 0.2) is 0 Å². The molecule has 1 saturated carbocycles. The maximum atomic E-state index is 13.5. The van der Waals surface area contributed by atoms with E-state index in [4.69, 9.17) is 16.1 Å². The fourth-order valence-corrected chi connectivity index (χ4v) is 5.47. The lowest BCUT2D eigenvalue weighted by atomic mass is 10.0. The number of unbranched alkanes of at least 4 members (excludes halogenated alkanes) is 1. The number of halogens is 1.